The van der Waals surface area contributed by atoms with E-state index in [0.717, 1.165) is 11.1 Å². The molecule has 6 rings (SSSR count). The monoisotopic (exact) mass is 483 g/mol. The minimum Gasteiger partial charge on any atom is -0.507 e. The van der Waals surface area contributed by atoms with Crippen LogP contribution < -0.4 is 14.4 Å². The lowest BCUT2D eigenvalue weighted by Crippen LogP contribution is -2.43. The van der Waals surface area contributed by atoms with Gasteiger partial charge in [-0.25, -0.2) is 4.39 Å². The molecule has 6 nitrogen and oxygen atoms in total. The van der Waals surface area contributed by atoms with Crippen molar-refractivity contribution in [2.45, 2.75) is 11.6 Å². The molecule has 0 fully saturated rings. The highest BCUT2D eigenvalue weighted by Crippen LogP contribution is 2.53. The Morgan fingerprint density at radius 2 is 1.44 bits per heavy atom. The van der Waals surface area contributed by atoms with E-state index in [1.807, 2.05) is 60.7 Å². The van der Waals surface area contributed by atoms with Crippen LogP contribution in [0.25, 0.3) is 0 Å². The van der Waals surface area contributed by atoms with E-state index in [9.17, 15) is 15.0 Å². The molecular weight excluding hydrogens is 461 g/mol. The van der Waals surface area contributed by atoms with Gasteiger partial charge in [0.15, 0.2) is 17.3 Å². The van der Waals surface area contributed by atoms with Crippen molar-refractivity contribution in [3.63, 3.8) is 0 Å². The number of anilines is 1. The standard InChI is InChI=1S/C29H22FNO5/c30-25-24(22(32)17-23-27(25)36-16-15-35-23)29(34)20-13-7-8-14-21(20)31(28(29)33)26(18-9-3-1-4-10-18)19-11-5-2-6-12-19/h1-14,17,26,32,34H,15-16H2. The number of hydrogen-bond donors (Lipinski definition) is 2. The van der Waals surface area contributed by atoms with Crippen molar-refractivity contribution in [2.75, 3.05) is 18.1 Å². The fourth-order valence-corrected chi connectivity index (χ4v) is 5.13. The van der Waals surface area contributed by atoms with Gasteiger partial charge in [0, 0.05) is 11.6 Å². The van der Waals surface area contributed by atoms with Gasteiger partial charge in [0.1, 0.15) is 19.0 Å². The number of para-hydroxylation sites is 1. The van der Waals surface area contributed by atoms with Crippen LogP contribution in [0, 0.1) is 5.82 Å². The number of amides is 1. The summed E-state index contributed by atoms with van der Waals surface area (Å²) in [6.45, 7) is 0.300. The highest BCUT2D eigenvalue weighted by molar-refractivity contribution is 6.10. The molecule has 0 radical (unpaired) electrons. The van der Waals surface area contributed by atoms with Gasteiger partial charge in [0.25, 0.3) is 5.91 Å². The van der Waals surface area contributed by atoms with Crippen molar-refractivity contribution in [3.8, 4) is 17.2 Å². The number of hydrogen-bond acceptors (Lipinski definition) is 5. The molecule has 4 aromatic rings. The van der Waals surface area contributed by atoms with Crippen LogP contribution in [-0.4, -0.2) is 29.3 Å². The van der Waals surface area contributed by atoms with Crippen LogP contribution in [0.5, 0.6) is 17.2 Å². The topological polar surface area (TPSA) is 79.2 Å². The molecule has 1 atom stereocenters. The van der Waals surface area contributed by atoms with E-state index in [-0.39, 0.29) is 30.3 Å². The minimum atomic E-state index is -2.50. The highest BCUT2D eigenvalue weighted by atomic mass is 19.1. The molecule has 0 aliphatic carbocycles. The largest absolute Gasteiger partial charge is 0.507 e. The van der Waals surface area contributed by atoms with E-state index in [1.165, 1.54) is 11.0 Å². The smallest absolute Gasteiger partial charge is 0.269 e. The maximum atomic E-state index is 15.9. The van der Waals surface area contributed by atoms with Crippen LogP contribution in [-0.2, 0) is 10.4 Å². The van der Waals surface area contributed by atoms with Crippen molar-refractivity contribution in [3.05, 3.63) is 119 Å². The Bertz CT molecular complexity index is 1420. The Labute approximate surface area is 206 Å². The fraction of sp³-hybridized carbons (Fsp3) is 0.138. The molecule has 2 aliphatic rings. The molecule has 2 aliphatic heterocycles. The molecule has 0 aromatic heterocycles. The van der Waals surface area contributed by atoms with Gasteiger partial charge >= 0.3 is 0 Å². The molecule has 0 saturated carbocycles. The van der Waals surface area contributed by atoms with E-state index in [1.54, 1.807) is 24.3 Å². The average molecular weight is 483 g/mol. The van der Waals surface area contributed by atoms with Gasteiger partial charge in [-0.1, -0.05) is 78.9 Å². The summed E-state index contributed by atoms with van der Waals surface area (Å²) in [4.78, 5) is 15.7. The number of benzene rings is 4. The zero-order chi connectivity index (χ0) is 24.9. The summed E-state index contributed by atoms with van der Waals surface area (Å²) in [5.41, 5.74) is -0.866. The number of rotatable bonds is 4. The first-order valence-corrected chi connectivity index (χ1v) is 11.6. The molecule has 180 valence electrons. The van der Waals surface area contributed by atoms with Gasteiger partial charge in [-0.3, -0.25) is 9.69 Å². The lowest BCUT2D eigenvalue weighted by Gasteiger charge is -2.32. The highest BCUT2D eigenvalue weighted by Gasteiger charge is 2.56. The van der Waals surface area contributed by atoms with Crippen molar-refractivity contribution >= 4 is 11.6 Å². The first kappa shape index (κ1) is 22.1. The number of phenolic OH excluding ortho intramolecular Hbond substituents is 1. The molecule has 0 spiro atoms. The molecule has 36 heavy (non-hydrogen) atoms. The summed E-state index contributed by atoms with van der Waals surface area (Å²) in [5.74, 6) is -2.64. The first-order valence-electron chi connectivity index (χ1n) is 11.6. The molecule has 2 N–H and O–H groups in total. The number of fused-ring (bicyclic) bond motifs is 2. The summed E-state index contributed by atoms with van der Waals surface area (Å²) in [7, 11) is 0. The van der Waals surface area contributed by atoms with Crippen LogP contribution in [0.4, 0.5) is 10.1 Å². The van der Waals surface area contributed by atoms with E-state index in [4.69, 9.17) is 9.47 Å². The number of carbonyl (C=O) groups excluding carboxylic acids is 1. The number of carbonyl (C=O) groups is 1. The summed E-state index contributed by atoms with van der Waals surface area (Å²) >= 11 is 0. The summed E-state index contributed by atoms with van der Waals surface area (Å²) in [6, 6.07) is 26.1. The predicted molar refractivity (Wildman–Crippen MR) is 131 cm³/mol. The Morgan fingerprint density at radius 1 is 0.861 bits per heavy atom. The lowest BCUT2D eigenvalue weighted by atomic mass is 9.86. The number of nitrogens with zero attached hydrogens (tertiary/aromatic N) is 1. The maximum absolute atomic E-state index is 15.9. The van der Waals surface area contributed by atoms with E-state index in [0.29, 0.717) is 5.69 Å². The third-order valence-corrected chi connectivity index (χ3v) is 6.69. The summed E-state index contributed by atoms with van der Waals surface area (Å²) in [6.07, 6.45) is 0. The van der Waals surface area contributed by atoms with E-state index < -0.39 is 34.7 Å². The summed E-state index contributed by atoms with van der Waals surface area (Å²) < 4.78 is 26.7. The lowest BCUT2D eigenvalue weighted by molar-refractivity contribution is -0.132. The van der Waals surface area contributed by atoms with Gasteiger partial charge in [-0.2, -0.15) is 0 Å². The van der Waals surface area contributed by atoms with Crippen molar-refractivity contribution in [1.82, 2.24) is 0 Å². The molecule has 0 bridgehead atoms. The summed E-state index contributed by atoms with van der Waals surface area (Å²) in [5, 5.41) is 22.9. The molecule has 1 unspecified atom stereocenters. The maximum Gasteiger partial charge on any atom is 0.269 e. The van der Waals surface area contributed by atoms with E-state index in [2.05, 4.69) is 0 Å². The number of aromatic hydroxyl groups is 1. The number of aliphatic hydroxyl groups is 1. The van der Waals surface area contributed by atoms with Crippen LogP contribution in [0.2, 0.25) is 0 Å². The van der Waals surface area contributed by atoms with Gasteiger partial charge in [-0.05, 0) is 17.2 Å². The molecule has 1 amide bonds. The van der Waals surface area contributed by atoms with Crippen LogP contribution >= 0.6 is 0 Å². The number of halogens is 1. The first-order chi connectivity index (χ1) is 17.5. The molecule has 2 heterocycles. The van der Waals surface area contributed by atoms with Gasteiger partial charge < -0.3 is 19.7 Å². The van der Waals surface area contributed by atoms with Crippen molar-refractivity contribution in [1.29, 1.82) is 0 Å². The average Bonchev–Trinajstić information content (AvgIpc) is 3.13. The van der Waals surface area contributed by atoms with Crippen LogP contribution in [0.3, 0.4) is 0 Å². The third-order valence-electron chi connectivity index (χ3n) is 6.69. The fourth-order valence-electron chi connectivity index (χ4n) is 5.13. The second kappa shape index (κ2) is 8.39. The predicted octanol–water partition coefficient (Wildman–Crippen LogP) is 4.67. The normalized spacial score (nSPS) is 18.4. The molecule has 4 aromatic carbocycles. The Kier molecular flexibility index (Phi) is 5.16. The molecule has 7 heteroatoms. The molecular formula is C29H22FNO5. The van der Waals surface area contributed by atoms with E-state index >= 15 is 4.39 Å². The zero-order valence-corrected chi connectivity index (χ0v) is 19.1. The quantitative estimate of drug-likeness (QED) is 0.441. The minimum absolute atomic E-state index is 0.0191. The van der Waals surface area contributed by atoms with Gasteiger partial charge in [-0.15, -0.1) is 0 Å². The van der Waals surface area contributed by atoms with Crippen molar-refractivity contribution < 1.29 is 28.9 Å². The Morgan fingerprint density at radius 3 is 2.11 bits per heavy atom. The molecule has 0 saturated heterocycles. The van der Waals surface area contributed by atoms with Gasteiger partial charge in [0.2, 0.25) is 5.60 Å². The number of phenols is 1. The second-order valence-corrected chi connectivity index (χ2v) is 8.74. The Hall–Kier alpha value is -4.36. The third kappa shape index (κ3) is 3.17. The van der Waals surface area contributed by atoms with Gasteiger partial charge in [0.05, 0.1) is 17.3 Å². The second-order valence-electron chi connectivity index (χ2n) is 8.74. The number of ether oxygens (including phenoxy) is 2. The van der Waals surface area contributed by atoms with Crippen LogP contribution in [0.15, 0.2) is 91.0 Å². The SMILES string of the molecule is O=C1N(C(c2ccccc2)c2ccccc2)c2ccccc2C1(O)c1c(O)cc2c(c1F)OCCO2. The van der Waals surface area contributed by atoms with Crippen LogP contribution in [0.1, 0.15) is 28.3 Å². The zero-order valence-electron chi connectivity index (χ0n) is 19.1. The van der Waals surface area contributed by atoms with Crippen molar-refractivity contribution in [2.24, 2.45) is 0 Å². The Balaban J connectivity index is 1.59.